The van der Waals surface area contributed by atoms with Crippen LogP contribution < -0.4 is 10.2 Å². The predicted molar refractivity (Wildman–Crippen MR) is 82.3 cm³/mol. The van der Waals surface area contributed by atoms with Crippen molar-refractivity contribution in [2.24, 2.45) is 0 Å². The average molecular weight is 278 g/mol. The van der Waals surface area contributed by atoms with Crippen molar-refractivity contribution in [1.82, 2.24) is 5.32 Å². The number of benzene rings is 1. The molecule has 1 aliphatic rings. The van der Waals surface area contributed by atoms with Crippen LogP contribution in [-0.4, -0.2) is 45.6 Å². The van der Waals surface area contributed by atoms with Gasteiger partial charge in [0.05, 0.1) is 25.4 Å². The lowest BCUT2D eigenvalue weighted by molar-refractivity contribution is 0.0643. The highest BCUT2D eigenvalue weighted by molar-refractivity contribution is 5.56. The van der Waals surface area contributed by atoms with Gasteiger partial charge in [-0.3, -0.25) is 0 Å². The van der Waals surface area contributed by atoms with Crippen molar-refractivity contribution in [3.8, 4) is 0 Å². The summed E-state index contributed by atoms with van der Waals surface area (Å²) in [5.74, 6) is 0. The molecule has 0 saturated carbocycles. The second-order valence-electron chi connectivity index (χ2n) is 5.81. The molecule has 1 N–H and O–H groups in total. The third kappa shape index (κ3) is 3.72. The van der Waals surface area contributed by atoms with Crippen molar-refractivity contribution in [2.45, 2.75) is 25.9 Å². The lowest BCUT2D eigenvalue weighted by Gasteiger charge is -2.44. The number of rotatable bonds is 6. The van der Waals surface area contributed by atoms with E-state index in [9.17, 15) is 0 Å². The zero-order chi connectivity index (χ0) is 14.4. The molecule has 1 heterocycles. The first-order chi connectivity index (χ1) is 9.65. The molecule has 0 aromatic heterocycles. The smallest absolute Gasteiger partial charge is 0.0694 e. The summed E-state index contributed by atoms with van der Waals surface area (Å²) in [4.78, 5) is 2.46. The van der Waals surface area contributed by atoms with E-state index in [1.165, 1.54) is 11.3 Å². The van der Waals surface area contributed by atoms with Crippen LogP contribution in [0.1, 0.15) is 19.4 Å². The Hall–Kier alpha value is -1.10. The first-order valence-electron chi connectivity index (χ1n) is 7.28. The van der Waals surface area contributed by atoms with Crippen molar-refractivity contribution < 1.29 is 9.47 Å². The van der Waals surface area contributed by atoms with E-state index >= 15 is 0 Å². The van der Waals surface area contributed by atoms with E-state index in [1.54, 1.807) is 7.11 Å². The first kappa shape index (κ1) is 15.3. The van der Waals surface area contributed by atoms with Gasteiger partial charge in [0.25, 0.3) is 0 Å². The van der Waals surface area contributed by atoms with Crippen LogP contribution in [0, 0.1) is 0 Å². The molecule has 1 aromatic carbocycles. The second-order valence-corrected chi connectivity index (χ2v) is 5.81. The van der Waals surface area contributed by atoms with Crippen LogP contribution in [0.25, 0.3) is 0 Å². The Morgan fingerprint density at radius 2 is 2.15 bits per heavy atom. The van der Waals surface area contributed by atoms with Crippen LogP contribution in [0.5, 0.6) is 0 Å². The molecule has 2 rings (SSSR count). The molecular formula is C16H26N2O2. The number of methoxy groups -OCH3 is 1. The van der Waals surface area contributed by atoms with Gasteiger partial charge >= 0.3 is 0 Å². The Labute approximate surface area is 122 Å². The highest BCUT2D eigenvalue weighted by atomic mass is 16.5. The Morgan fingerprint density at radius 1 is 1.35 bits per heavy atom. The van der Waals surface area contributed by atoms with Crippen LogP contribution in [0.4, 0.5) is 5.69 Å². The third-order valence-electron chi connectivity index (χ3n) is 3.73. The molecule has 0 aliphatic carbocycles. The topological polar surface area (TPSA) is 33.7 Å². The number of morpholine rings is 1. The van der Waals surface area contributed by atoms with E-state index in [1.807, 2.05) is 0 Å². The van der Waals surface area contributed by atoms with E-state index in [-0.39, 0.29) is 5.54 Å². The van der Waals surface area contributed by atoms with Gasteiger partial charge in [-0.05, 0) is 25.5 Å². The van der Waals surface area contributed by atoms with Crippen molar-refractivity contribution in [1.29, 1.82) is 0 Å². The number of para-hydroxylation sites is 1. The molecule has 4 nitrogen and oxygen atoms in total. The van der Waals surface area contributed by atoms with E-state index in [0.29, 0.717) is 0 Å². The zero-order valence-electron chi connectivity index (χ0n) is 12.8. The molecule has 4 heteroatoms. The second kappa shape index (κ2) is 7.07. The lowest BCUT2D eigenvalue weighted by atomic mass is 9.99. The summed E-state index contributed by atoms with van der Waals surface area (Å²) in [6, 6.07) is 8.62. The number of anilines is 1. The summed E-state index contributed by atoms with van der Waals surface area (Å²) in [6.45, 7) is 9.48. The van der Waals surface area contributed by atoms with E-state index in [4.69, 9.17) is 9.47 Å². The van der Waals surface area contributed by atoms with Crippen molar-refractivity contribution in [3.05, 3.63) is 29.8 Å². The average Bonchev–Trinajstić information content (AvgIpc) is 2.44. The minimum atomic E-state index is 0.0425. The lowest BCUT2D eigenvalue weighted by Crippen LogP contribution is -2.53. The quantitative estimate of drug-likeness (QED) is 0.807. The highest BCUT2D eigenvalue weighted by Crippen LogP contribution is 2.29. The molecule has 0 amide bonds. The van der Waals surface area contributed by atoms with E-state index < -0.39 is 0 Å². The predicted octanol–water partition coefficient (Wildman–Crippen LogP) is 2.04. The van der Waals surface area contributed by atoms with Crippen molar-refractivity contribution in [2.75, 3.05) is 44.9 Å². The Morgan fingerprint density at radius 3 is 2.90 bits per heavy atom. The number of nitrogens with zero attached hydrogens (tertiary/aromatic N) is 1. The molecule has 0 radical (unpaired) electrons. The number of ether oxygens (including phenoxy) is 2. The Kier molecular flexibility index (Phi) is 5.40. The first-order valence-corrected chi connectivity index (χ1v) is 7.28. The van der Waals surface area contributed by atoms with Crippen LogP contribution >= 0.6 is 0 Å². The third-order valence-corrected chi connectivity index (χ3v) is 3.73. The fraction of sp³-hybridized carbons (Fsp3) is 0.625. The number of nitrogens with one attached hydrogen (secondary N) is 1. The summed E-state index contributed by atoms with van der Waals surface area (Å²) in [6.07, 6.45) is 0. The molecule has 1 aliphatic heterocycles. The maximum absolute atomic E-state index is 5.62. The maximum Gasteiger partial charge on any atom is 0.0694 e. The molecule has 20 heavy (non-hydrogen) atoms. The molecule has 0 unspecified atom stereocenters. The fourth-order valence-electron chi connectivity index (χ4n) is 2.63. The molecule has 112 valence electrons. The molecule has 0 atom stereocenters. The summed E-state index contributed by atoms with van der Waals surface area (Å²) >= 11 is 0. The van der Waals surface area contributed by atoms with Gasteiger partial charge in [0.1, 0.15) is 0 Å². The summed E-state index contributed by atoms with van der Waals surface area (Å²) in [7, 11) is 1.73. The molecule has 0 bridgehead atoms. The van der Waals surface area contributed by atoms with Crippen LogP contribution in [0.2, 0.25) is 0 Å². The standard InChI is InChI=1S/C16H26N2O2/c1-16(2)13-20-11-9-18(16)15-7-5-4-6-14(15)12-17-8-10-19-3/h4-7,17H,8-13H2,1-3H3. The molecular weight excluding hydrogens is 252 g/mol. The Bertz CT molecular complexity index is 421. The summed E-state index contributed by atoms with van der Waals surface area (Å²) < 4.78 is 10.7. The minimum Gasteiger partial charge on any atom is -0.383 e. The van der Waals surface area contributed by atoms with E-state index in [0.717, 1.165) is 39.5 Å². The Balaban J connectivity index is 2.10. The van der Waals surface area contributed by atoms with Gasteiger partial charge in [0.2, 0.25) is 0 Å². The maximum atomic E-state index is 5.62. The van der Waals surface area contributed by atoms with Gasteiger partial charge < -0.3 is 19.7 Å². The molecule has 1 saturated heterocycles. The number of hydrogen-bond acceptors (Lipinski definition) is 4. The van der Waals surface area contributed by atoms with Crippen molar-refractivity contribution >= 4 is 5.69 Å². The van der Waals surface area contributed by atoms with Gasteiger partial charge in [-0.15, -0.1) is 0 Å². The largest absolute Gasteiger partial charge is 0.383 e. The molecule has 1 aromatic rings. The minimum absolute atomic E-state index is 0.0425. The van der Waals surface area contributed by atoms with Crippen LogP contribution in [0.15, 0.2) is 24.3 Å². The molecule has 0 spiro atoms. The van der Waals surface area contributed by atoms with Gasteiger partial charge in [-0.2, -0.15) is 0 Å². The van der Waals surface area contributed by atoms with Crippen LogP contribution in [-0.2, 0) is 16.0 Å². The zero-order valence-corrected chi connectivity index (χ0v) is 12.8. The fourth-order valence-corrected chi connectivity index (χ4v) is 2.63. The van der Waals surface area contributed by atoms with Crippen LogP contribution in [0.3, 0.4) is 0 Å². The summed E-state index contributed by atoms with van der Waals surface area (Å²) in [5.41, 5.74) is 2.69. The van der Waals surface area contributed by atoms with Gasteiger partial charge in [-0.1, -0.05) is 18.2 Å². The van der Waals surface area contributed by atoms with Crippen molar-refractivity contribution in [3.63, 3.8) is 0 Å². The molecule has 1 fully saturated rings. The SMILES string of the molecule is COCCNCc1ccccc1N1CCOCC1(C)C. The highest BCUT2D eigenvalue weighted by Gasteiger charge is 2.31. The van der Waals surface area contributed by atoms with Gasteiger partial charge in [0, 0.05) is 32.4 Å². The monoisotopic (exact) mass is 278 g/mol. The van der Waals surface area contributed by atoms with E-state index in [2.05, 4.69) is 48.3 Å². The normalized spacial score (nSPS) is 18.2. The number of hydrogen-bond donors (Lipinski definition) is 1. The van der Waals surface area contributed by atoms with Gasteiger partial charge in [-0.25, -0.2) is 0 Å². The van der Waals surface area contributed by atoms with Gasteiger partial charge in [0.15, 0.2) is 0 Å². The summed E-state index contributed by atoms with van der Waals surface area (Å²) in [5, 5.41) is 3.43.